The molecule has 0 aliphatic rings. The highest BCUT2D eigenvalue weighted by atomic mass is 32.1. The summed E-state index contributed by atoms with van der Waals surface area (Å²) < 4.78 is 0. The molecule has 0 saturated carbocycles. The van der Waals surface area contributed by atoms with Gasteiger partial charge in [0.25, 0.3) is 0 Å². The molecule has 0 radical (unpaired) electrons. The molecule has 0 bridgehead atoms. The molecule has 17 heavy (non-hydrogen) atoms. The number of hydrogen-bond donors (Lipinski definition) is 2. The van der Waals surface area contributed by atoms with Crippen molar-refractivity contribution >= 4 is 23.3 Å². The van der Waals surface area contributed by atoms with Gasteiger partial charge in [0.05, 0.1) is 0 Å². The maximum Gasteiger partial charge on any atom is 0.323 e. The molecule has 0 fully saturated rings. The van der Waals surface area contributed by atoms with Crippen LogP contribution < -0.4 is 5.32 Å². The Balaban J connectivity index is 2.70. The van der Waals surface area contributed by atoms with Crippen molar-refractivity contribution in [2.75, 3.05) is 13.1 Å². The van der Waals surface area contributed by atoms with E-state index in [2.05, 4.69) is 5.32 Å². The molecule has 5 heteroatoms. The molecule has 0 unspecified atom stereocenters. The summed E-state index contributed by atoms with van der Waals surface area (Å²) in [4.78, 5) is 12.4. The number of carbonyl (C=O) groups is 1. The Hall–Kier alpha value is -1.62. The molecule has 0 aliphatic carbocycles. The topological polar surface area (TPSA) is 52.6 Å². The quantitative estimate of drug-likeness (QED) is 0.777. The van der Waals surface area contributed by atoms with Crippen molar-refractivity contribution in [1.29, 1.82) is 0 Å². The van der Waals surface area contributed by atoms with Crippen molar-refractivity contribution in [3.8, 4) is 0 Å². The molecule has 0 spiro atoms. The second-order valence-electron chi connectivity index (χ2n) is 3.57. The lowest BCUT2D eigenvalue weighted by Crippen LogP contribution is -2.41. The van der Waals surface area contributed by atoms with E-state index in [-0.39, 0.29) is 6.54 Å². The molecular weight excluding hydrogens is 236 g/mol. The van der Waals surface area contributed by atoms with Gasteiger partial charge < -0.3 is 15.3 Å². The fraction of sp³-hybridized carbons (Fsp3) is 0.333. The van der Waals surface area contributed by atoms with Gasteiger partial charge in [-0.1, -0.05) is 30.3 Å². The molecule has 1 rings (SSSR count). The fourth-order valence-corrected chi connectivity index (χ4v) is 1.70. The number of thiocarbonyl (C=S) groups is 1. The highest BCUT2D eigenvalue weighted by molar-refractivity contribution is 7.80. The zero-order valence-electron chi connectivity index (χ0n) is 9.72. The molecule has 92 valence electrons. The summed E-state index contributed by atoms with van der Waals surface area (Å²) in [6.45, 7) is 3.01. The van der Waals surface area contributed by atoms with Crippen molar-refractivity contribution in [3.05, 3.63) is 35.9 Å². The van der Waals surface area contributed by atoms with Gasteiger partial charge in [-0.3, -0.25) is 4.79 Å². The summed E-state index contributed by atoms with van der Waals surface area (Å²) in [6, 6.07) is 9.66. The number of carboxylic acids is 1. The minimum absolute atomic E-state index is 0.0965. The summed E-state index contributed by atoms with van der Waals surface area (Å²) >= 11 is 5.14. The molecule has 0 atom stereocenters. The Kier molecular flexibility index (Phi) is 5.42. The molecule has 1 aromatic carbocycles. The van der Waals surface area contributed by atoms with E-state index in [0.717, 1.165) is 5.56 Å². The lowest BCUT2D eigenvalue weighted by Gasteiger charge is -2.23. The second kappa shape index (κ2) is 6.85. The van der Waals surface area contributed by atoms with E-state index in [4.69, 9.17) is 17.3 Å². The standard InChI is InChI=1S/C12H16N2O2S/c1-2-13-12(17)14(9-11(15)16)8-10-6-4-3-5-7-10/h3-7H,2,8-9H2,1H3,(H,13,17)(H,15,16). The molecule has 0 amide bonds. The van der Waals surface area contributed by atoms with Gasteiger partial charge in [-0.15, -0.1) is 0 Å². The van der Waals surface area contributed by atoms with E-state index >= 15 is 0 Å². The zero-order chi connectivity index (χ0) is 12.7. The van der Waals surface area contributed by atoms with Crippen LogP contribution in [0.4, 0.5) is 0 Å². The molecular formula is C12H16N2O2S. The van der Waals surface area contributed by atoms with Crippen LogP contribution in [0.3, 0.4) is 0 Å². The Morgan fingerprint density at radius 1 is 1.41 bits per heavy atom. The average Bonchev–Trinajstić information content (AvgIpc) is 2.29. The smallest absolute Gasteiger partial charge is 0.323 e. The normalized spacial score (nSPS) is 9.71. The first-order chi connectivity index (χ1) is 8.13. The van der Waals surface area contributed by atoms with Crippen LogP contribution in [0.1, 0.15) is 12.5 Å². The van der Waals surface area contributed by atoms with E-state index in [1.165, 1.54) is 0 Å². The number of nitrogens with one attached hydrogen (secondary N) is 1. The van der Waals surface area contributed by atoms with Gasteiger partial charge in [0.15, 0.2) is 5.11 Å². The second-order valence-corrected chi connectivity index (χ2v) is 3.96. The summed E-state index contributed by atoms with van der Waals surface area (Å²) in [6.07, 6.45) is 0. The van der Waals surface area contributed by atoms with Crippen LogP contribution in [0.2, 0.25) is 0 Å². The predicted octanol–water partition coefficient (Wildman–Crippen LogP) is 1.47. The van der Waals surface area contributed by atoms with Gasteiger partial charge in [-0.2, -0.15) is 0 Å². The summed E-state index contributed by atoms with van der Waals surface area (Å²) in [5, 5.41) is 12.3. The van der Waals surface area contributed by atoms with Crippen LogP contribution in [0, 0.1) is 0 Å². The molecule has 2 N–H and O–H groups in total. The minimum Gasteiger partial charge on any atom is -0.480 e. The van der Waals surface area contributed by atoms with Crippen LogP contribution in [0.5, 0.6) is 0 Å². The molecule has 0 aromatic heterocycles. The number of hydrogen-bond acceptors (Lipinski definition) is 2. The van der Waals surface area contributed by atoms with Crippen LogP contribution in [0.25, 0.3) is 0 Å². The lowest BCUT2D eigenvalue weighted by molar-refractivity contribution is -0.137. The van der Waals surface area contributed by atoms with Gasteiger partial charge in [0.1, 0.15) is 6.54 Å². The lowest BCUT2D eigenvalue weighted by atomic mass is 10.2. The summed E-state index contributed by atoms with van der Waals surface area (Å²) in [7, 11) is 0. The van der Waals surface area contributed by atoms with E-state index in [1.54, 1.807) is 4.90 Å². The zero-order valence-corrected chi connectivity index (χ0v) is 10.5. The third-order valence-corrected chi connectivity index (χ3v) is 2.56. The Labute approximate surface area is 106 Å². The van der Waals surface area contributed by atoms with E-state index in [1.807, 2.05) is 37.3 Å². The van der Waals surface area contributed by atoms with Crippen molar-refractivity contribution in [2.45, 2.75) is 13.5 Å². The predicted molar refractivity (Wildman–Crippen MR) is 70.8 cm³/mol. The van der Waals surface area contributed by atoms with E-state index in [9.17, 15) is 4.79 Å². The number of benzene rings is 1. The van der Waals surface area contributed by atoms with Crippen molar-refractivity contribution in [3.63, 3.8) is 0 Å². The van der Waals surface area contributed by atoms with E-state index in [0.29, 0.717) is 18.2 Å². The number of aliphatic carboxylic acids is 1. The largest absolute Gasteiger partial charge is 0.480 e. The first kappa shape index (κ1) is 13.4. The molecule has 4 nitrogen and oxygen atoms in total. The van der Waals surface area contributed by atoms with Gasteiger partial charge in [0.2, 0.25) is 0 Å². The first-order valence-electron chi connectivity index (χ1n) is 5.42. The Morgan fingerprint density at radius 2 is 2.06 bits per heavy atom. The van der Waals surface area contributed by atoms with Gasteiger partial charge in [-0.05, 0) is 24.7 Å². The summed E-state index contributed by atoms with van der Waals surface area (Å²) in [5.74, 6) is -0.888. The highest BCUT2D eigenvalue weighted by Gasteiger charge is 2.12. The van der Waals surface area contributed by atoms with Gasteiger partial charge in [-0.25, -0.2) is 0 Å². The molecule has 0 heterocycles. The minimum atomic E-state index is -0.888. The number of rotatable bonds is 5. The van der Waals surface area contributed by atoms with Crippen LogP contribution >= 0.6 is 12.2 Å². The molecule has 0 saturated heterocycles. The third-order valence-electron chi connectivity index (χ3n) is 2.16. The first-order valence-corrected chi connectivity index (χ1v) is 5.82. The van der Waals surface area contributed by atoms with E-state index < -0.39 is 5.97 Å². The average molecular weight is 252 g/mol. The van der Waals surface area contributed by atoms with Gasteiger partial charge >= 0.3 is 5.97 Å². The monoisotopic (exact) mass is 252 g/mol. The highest BCUT2D eigenvalue weighted by Crippen LogP contribution is 2.04. The van der Waals surface area contributed by atoms with Crippen LogP contribution in [0.15, 0.2) is 30.3 Å². The summed E-state index contributed by atoms with van der Waals surface area (Å²) in [5.41, 5.74) is 1.04. The van der Waals surface area contributed by atoms with Crippen LogP contribution in [-0.2, 0) is 11.3 Å². The Morgan fingerprint density at radius 3 is 2.59 bits per heavy atom. The maximum atomic E-state index is 10.8. The number of carboxylic acid groups (broad SMARTS) is 1. The number of nitrogens with zero attached hydrogens (tertiary/aromatic N) is 1. The van der Waals surface area contributed by atoms with Crippen molar-refractivity contribution in [1.82, 2.24) is 10.2 Å². The Bertz CT molecular complexity index is 381. The fourth-order valence-electron chi connectivity index (χ4n) is 1.43. The van der Waals surface area contributed by atoms with Gasteiger partial charge in [0, 0.05) is 13.1 Å². The molecule has 0 aliphatic heterocycles. The van der Waals surface area contributed by atoms with Crippen molar-refractivity contribution < 1.29 is 9.90 Å². The third kappa shape index (κ3) is 4.82. The van der Waals surface area contributed by atoms with Crippen molar-refractivity contribution in [2.24, 2.45) is 0 Å². The van der Waals surface area contributed by atoms with Crippen LogP contribution in [-0.4, -0.2) is 34.2 Å². The maximum absolute atomic E-state index is 10.8. The molecule has 1 aromatic rings. The SMILES string of the molecule is CCNC(=S)N(CC(=O)O)Cc1ccccc1.